The van der Waals surface area contributed by atoms with Crippen molar-refractivity contribution in [1.29, 1.82) is 0 Å². The SMILES string of the molecule is Cc1ccccc1NC(=O)c1cncc(C(=O)Nc2ccc(Cl)cc2)c1. The Hall–Kier alpha value is -3.18. The summed E-state index contributed by atoms with van der Waals surface area (Å²) in [7, 11) is 0. The third-order valence-corrected chi connectivity index (χ3v) is 4.01. The normalized spacial score (nSPS) is 10.2. The molecule has 0 aliphatic heterocycles. The van der Waals surface area contributed by atoms with Gasteiger partial charge < -0.3 is 10.6 Å². The van der Waals surface area contributed by atoms with E-state index in [-0.39, 0.29) is 17.4 Å². The lowest BCUT2D eigenvalue weighted by Gasteiger charge is -2.09. The van der Waals surface area contributed by atoms with Gasteiger partial charge in [0.25, 0.3) is 11.8 Å². The highest BCUT2D eigenvalue weighted by Crippen LogP contribution is 2.16. The van der Waals surface area contributed by atoms with Crippen LogP contribution in [0.2, 0.25) is 5.02 Å². The zero-order valence-corrected chi connectivity index (χ0v) is 14.7. The van der Waals surface area contributed by atoms with Gasteiger partial charge in [0.2, 0.25) is 0 Å². The number of pyridine rings is 1. The minimum Gasteiger partial charge on any atom is -0.322 e. The van der Waals surface area contributed by atoms with Gasteiger partial charge in [0.05, 0.1) is 11.1 Å². The van der Waals surface area contributed by atoms with Gasteiger partial charge in [-0.3, -0.25) is 14.6 Å². The Kier molecular flexibility index (Phi) is 5.29. The highest BCUT2D eigenvalue weighted by molar-refractivity contribution is 6.30. The molecule has 1 heterocycles. The Balaban J connectivity index is 1.75. The summed E-state index contributed by atoms with van der Waals surface area (Å²) in [4.78, 5) is 28.8. The van der Waals surface area contributed by atoms with E-state index in [1.54, 1.807) is 24.3 Å². The van der Waals surface area contributed by atoms with Crippen LogP contribution in [0.25, 0.3) is 0 Å². The van der Waals surface area contributed by atoms with E-state index in [0.717, 1.165) is 5.56 Å². The number of amides is 2. The van der Waals surface area contributed by atoms with Crippen molar-refractivity contribution in [2.75, 3.05) is 10.6 Å². The molecule has 0 radical (unpaired) electrons. The number of hydrogen-bond acceptors (Lipinski definition) is 3. The average Bonchev–Trinajstić information content (AvgIpc) is 2.65. The lowest BCUT2D eigenvalue weighted by atomic mass is 10.1. The summed E-state index contributed by atoms with van der Waals surface area (Å²) in [5, 5.41) is 6.15. The maximum atomic E-state index is 12.4. The molecule has 5 nitrogen and oxygen atoms in total. The lowest BCUT2D eigenvalue weighted by molar-refractivity contribution is 0.102. The summed E-state index contributed by atoms with van der Waals surface area (Å²) in [6.45, 7) is 1.91. The summed E-state index contributed by atoms with van der Waals surface area (Å²) >= 11 is 5.83. The van der Waals surface area contributed by atoms with E-state index in [1.165, 1.54) is 18.5 Å². The molecule has 2 N–H and O–H groups in total. The Morgan fingerprint density at radius 2 is 1.50 bits per heavy atom. The molecule has 0 aliphatic rings. The fraction of sp³-hybridized carbons (Fsp3) is 0.0500. The number of benzene rings is 2. The number of rotatable bonds is 4. The standard InChI is InChI=1S/C20H16ClN3O2/c1-13-4-2-3-5-18(13)24-20(26)15-10-14(11-22-12-15)19(25)23-17-8-6-16(21)7-9-17/h2-12H,1H3,(H,23,25)(H,24,26). The van der Waals surface area contributed by atoms with E-state index in [2.05, 4.69) is 15.6 Å². The van der Waals surface area contributed by atoms with Gasteiger partial charge in [0.1, 0.15) is 0 Å². The number of aromatic nitrogens is 1. The molecule has 0 saturated carbocycles. The van der Waals surface area contributed by atoms with E-state index in [1.807, 2.05) is 31.2 Å². The summed E-state index contributed by atoms with van der Waals surface area (Å²) in [5.74, 6) is -0.682. The van der Waals surface area contributed by atoms with Gasteiger partial charge in [-0.15, -0.1) is 0 Å². The Bertz CT molecular complexity index is 955. The van der Waals surface area contributed by atoms with Gasteiger partial charge in [0.15, 0.2) is 0 Å². The van der Waals surface area contributed by atoms with Gasteiger partial charge in [-0.1, -0.05) is 29.8 Å². The Morgan fingerprint density at radius 3 is 2.15 bits per heavy atom. The van der Waals surface area contributed by atoms with E-state index in [0.29, 0.717) is 22.0 Å². The van der Waals surface area contributed by atoms with E-state index >= 15 is 0 Å². The molecule has 2 aromatic carbocycles. The second-order valence-electron chi connectivity index (χ2n) is 5.69. The van der Waals surface area contributed by atoms with Crippen molar-refractivity contribution < 1.29 is 9.59 Å². The monoisotopic (exact) mass is 365 g/mol. The molecular weight excluding hydrogens is 350 g/mol. The summed E-state index contributed by atoms with van der Waals surface area (Å²) in [5.41, 5.74) is 2.86. The molecule has 26 heavy (non-hydrogen) atoms. The molecule has 3 rings (SSSR count). The van der Waals surface area contributed by atoms with Crippen molar-refractivity contribution in [2.45, 2.75) is 6.92 Å². The maximum absolute atomic E-state index is 12.4. The predicted molar refractivity (Wildman–Crippen MR) is 103 cm³/mol. The summed E-state index contributed by atoms with van der Waals surface area (Å²) in [6, 6.07) is 15.7. The highest BCUT2D eigenvalue weighted by Gasteiger charge is 2.12. The molecule has 1 aromatic heterocycles. The van der Waals surface area contributed by atoms with Crippen LogP contribution in [0.4, 0.5) is 11.4 Å². The fourth-order valence-corrected chi connectivity index (χ4v) is 2.46. The molecule has 2 amide bonds. The van der Waals surface area contributed by atoms with Crippen LogP contribution in [0.5, 0.6) is 0 Å². The number of carbonyl (C=O) groups excluding carboxylic acids is 2. The van der Waals surface area contributed by atoms with Crippen molar-refractivity contribution in [2.24, 2.45) is 0 Å². The average molecular weight is 366 g/mol. The van der Waals surface area contributed by atoms with E-state index in [4.69, 9.17) is 11.6 Å². The van der Waals surface area contributed by atoms with Crippen LogP contribution in [0.1, 0.15) is 26.3 Å². The van der Waals surface area contributed by atoms with Crippen LogP contribution in [-0.2, 0) is 0 Å². The van der Waals surface area contributed by atoms with Gasteiger partial charge in [0, 0.05) is 28.8 Å². The van der Waals surface area contributed by atoms with Gasteiger partial charge >= 0.3 is 0 Å². The third-order valence-electron chi connectivity index (χ3n) is 3.76. The summed E-state index contributed by atoms with van der Waals surface area (Å²) in [6.07, 6.45) is 2.84. The summed E-state index contributed by atoms with van der Waals surface area (Å²) < 4.78 is 0. The van der Waals surface area contributed by atoms with Crippen LogP contribution in [0.15, 0.2) is 67.0 Å². The molecule has 0 spiro atoms. The smallest absolute Gasteiger partial charge is 0.257 e. The second-order valence-corrected chi connectivity index (χ2v) is 6.13. The minimum absolute atomic E-state index is 0.289. The number of carbonyl (C=O) groups is 2. The largest absolute Gasteiger partial charge is 0.322 e. The first-order chi connectivity index (χ1) is 12.5. The molecule has 0 fully saturated rings. The van der Waals surface area contributed by atoms with E-state index in [9.17, 15) is 9.59 Å². The van der Waals surface area contributed by atoms with Crippen molar-refractivity contribution in [3.63, 3.8) is 0 Å². The van der Waals surface area contributed by atoms with Crippen LogP contribution < -0.4 is 10.6 Å². The molecule has 0 atom stereocenters. The molecule has 0 aliphatic carbocycles. The number of anilines is 2. The third kappa shape index (κ3) is 4.26. The molecule has 0 bridgehead atoms. The zero-order valence-electron chi connectivity index (χ0n) is 14.0. The Morgan fingerprint density at radius 1 is 0.885 bits per heavy atom. The van der Waals surface area contributed by atoms with Gasteiger partial charge in [-0.05, 0) is 48.9 Å². The Labute approximate surface area is 156 Å². The minimum atomic E-state index is -0.356. The number of nitrogens with one attached hydrogen (secondary N) is 2. The quantitative estimate of drug-likeness (QED) is 0.712. The molecule has 130 valence electrons. The van der Waals surface area contributed by atoms with Crippen molar-refractivity contribution >= 4 is 34.8 Å². The molecule has 6 heteroatoms. The number of para-hydroxylation sites is 1. The molecule has 0 saturated heterocycles. The van der Waals surface area contributed by atoms with Gasteiger partial charge in [-0.25, -0.2) is 0 Å². The first-order valence-electron chi connectivity index (χ1n) is 7.92. The first kappa shape index (κ1) is 17.6. The molecule has 0 unspecified atom stereocenters. The van der Waals surface area contributed by atoms with Crippen LogP contribution in [-0.4, -0.2) is 16.8 Å². The zero-order chi connectivity index (χ0) is 18.5. The number of hydrogen-bond donors (Lipinski definition) is 2. The maximum Gasteiger partial charge on any atom is 0.257 e. The highest BCUT2D eigenvalue weighted by atomic mass is 35.5. The van der Waals surface area contributed by atoms with Crippen molar-refractivity contribution in [1.82, 2.24) is 4.98 Å². The van der Waals surface area contributed by atoms with Crippen molar-refractivity contribution in [3.8, 4) is 0 Å². The second kappa shape index (κ2) is 7.80. The van der Waals surface area contributed by atoms with Crippen LogP contribution in [0, 0.1) is 6.92 Å². The number of aryl methyl sites for hydroxylation is 1. The van der Waals surface area contributed by atoms with Crippen molar-refractivity contribution in [3.05, 3.63) is 88.7 Å². The fourth-order valence-electron chi connectivity index (χ4n) is 2.33. The van der Waals surface area contributed by atoms with Crippen LogP contribution >= 0.6 is 11.6 Å². The molecule has 3 aromatic rings. The number of halogens is 1. The van der Waals surface area contributed by atoms with Crippen LogP contribution in [0.3, 0.4) is 0 Å². The lowest BCUT2D eigenvalue weighted by Crippen LogP contribution is -2.16. The first-order valence-corrected chi connectivity index (χ1v) is 8.30. The number of nitrogens with zero attached hydrogens (tertiary/aromatic N) is 1. The van der Waals surface area contributed by atoms with Gasteiger partial charge in [-0.2, -0.15) is 0 Å². The topological polar surface area (TPSA) is 71.1 Å². The molecular formula is C20H16ClN3O2. The predicted octanol–water partition coefficient (Wildman–Crippen LogP) is 4.55. The van der Waals surface area contributed by atoms with E-state index < -0.39 is 0 Å².